The van der Waals surface area contributed by atoms with Crippen LogP contribution in [0.2, 0.25) is 0 Å². The van der Waals surface area contributed by atoms with Gasteiger partial charge in [0.2, 0.25) is 17.7 Å². The highest BCUT2D eigenvalue weighted by molar-refractivity contribution is 5.87. The first-order chi connectivity index (χ1) is 20.5. The van der Waals surface area contributed by atoms with Crippen molar-refractivity contribution in [3.8, 4) is 0 Å². The van der Waals surface area contributed by atoms with Crippen LogP contribution in [0.15, 0.2) is 30.3 Å². The summed E-state index contributed by atoms with van der Waals surface area (Å²) < 4.78 is 0. The molecule has 0 radical (unpaired) electrons. The quantitative estimate of drug-likeness (QED) is 0.199. The van der Waals surface area contributed by atoms with Crippen LogP contribution >= 0.6 is 0 Å². The van der Waals surface area contributed by atoms with E-state index >= 15 is 0 Å². The normalized spacial score (nSPS) is 23.5. The van der Waals surface area contributed by atoms with E-state index < -0.39 is 12.1 Å². The van der Waals surface area contributed by atoms with E-state index in [-0.39, 0.29) is 41.8 Å². The maximum Gasteiger partial charge on any atom is 0.239 e. The second-order valence-corrected chi connectivity index (χ2v) is 13.2. The van der Waals surface area contributed by atoms with Crippen molar-refractivity contribution < 1.29 is 29.5 Å². The topological polar surface area (TPSA) is 152 Å². The van der Waals surface area contributed by atoms with Crippen molar-refractivity contribution in [2.45, 2.75) is 103 Å². The van der Waals surface area contributed by atoms with Gasteiger partial charge in [0.25, 0.3) is 0 Å². The van der Waals surface area contributed by atoms with Gasteiger partial charge in [-0.25, -0.2) is 0 Å². The third-order valence-corrected chi connectivity index (χ3v) is 8.41. The molecule has 1 aromatic rings. The number of aliphatic hydroxyl groups is 1. The molecule has 43 heavy (non-hydrogen) atoms. The first kappa shape index (κ1) is 34.9. The number of likely N-dealkylation sites (tertiary alicyclic amines) is 1. The van der Waals surface area contributed by atoms with E-state index in [1.807, 2.05) is 51.1 Å². The minimum absolute atomic E-state index is 0.0140. The van der Waals surface area contributed by atoms with Crippen LogP contribution in [0.25, 0.3) is 0 Å². The van der Waals surface area contributed by atoms with Gasteiger partial charge in [-0.1, -0.05) is 55.2 Å². The number of carbonyl (C=O) groups is 3. The van der Waals surface area contributed by atoms with Crippen LogP contribution in [-0.2, 0) is 25.6 Å². The van der Waals surface area contributed by atoms with Gasteiger partial charge < -0.3 is 21.1 Å². The number of piperidine rings is 1. The lowest BCUT2D eigenvalue weighted by Gasteiger charge is -2.47. The third kappa shape index (κ3) is 12.1. The Kier molecular flexibility index (Phi) is 13.8. The van der Waals surface area contributed by atoms with E-state index in [0.29, 0.717) is 31.4 Å². The highest BCUT2D eigenvalue weighted by Gasteiger charge is 2.41. The molecule has 5 atom stereocenters. The van der Waals surface area contributed by atoms with Crippen molar-refractivity contribution in [2.24, 2.45) is 17.8 Å². The molecule has 0 aromatic heterocycles. The molecule has 1 aromatic carbocycles. The lowest BCUT2D eigenvalue weighted by atomic mass is 9.72. The second kappa shape index (κ2) is 17.1. The third-order valence-electron chi connectivity index (χ3n) is 8.41. The number of aliphatic hydroxyl groups excluding tert-OH is 1. The van der Waals surface area contributed by atoms with Crippen LogP contribution in [0.3, 0.4) is 0 Å². The van der Waals surface area contributed by atoms with Crippen molar-refractivity contribution in [3.63, 3.8) is 0 Å². The van der Waals surface area contributed by atoms with Gasteiger partial charge in [-0.15, -0.1) is 0 Å². The fourth-order valence-electron chi connectivity index (χ4n) is 6.13. The molecular weight excluding hydrogens is 550 g/mol. The molecule has 2 aliphatic carbocycles. The van der Waals surface area contributed by atoms with Crippen LogP contribution in [0, 0.1) is 17.8 Å². The van der Waals surface area contributed by atoms with Gasteiger partial charge in [-0.05, 0) is 77.2 Å². The highest BCUT2D eigenvalue weighted by atomic mass is 16.8. The summed E-state index contributed by atoms with van der Waals surface area (Å²) in [5, 5.41) is 27.9. The van der Waals surface area contributed by atoms with Crippen LogP contribution < -0.4 is 21.6 Å². The Hall–Kier alpha value is -2.57. The SMILES string of the molecule is CC(C)(C)NC(=O)C1CC2CCCCC2CN1CC(O)C(Cc1ccccc1)NC(=O)CNC(=O)C1CC1.CCONO. The summed E-state index contributed by atoms with van der Waals surface area (Å²) in [4.78, 5) is 44.5. The molecule has 242 valence electrons. The molecule has 3 fully saturated rings. The predicted molar refractivity (Wildman–Crippen MR) is 164 cm³/mol. The molecule has 11 heteroatoms. The number of amides is 3. The smallest absolute Gasteiger partial charge is 0.239 e. The molecule has 4 rings (SSSR count). The van der Waals surface area contributed by atoms with E-state index in [9.17, 15) is 19.5 Å². The van der Waals surface area contributed by atoms with Crippen molar-refractivity contribution in [1.29, 1.82) is 0 Å². The number of rotatable bonds is 12. The average Bonchev–Trinajstić information content (AvgIpc) is 3.81. The lowest BCUT2D eigenvalue weighted by molar-refractivity contribution is -0.133. The Labute approximate surface area is 256 Å². The van der Waals surface area contributed by atoms with Gasteiger partial charge in [0.1, 0.15) is 0 Å². The predicted octanol–water partition coefficient (Wildman–Crippen LogP) is 2.31. The molecule has 0 spiro atoms. The van der Waals surface area contributed by atoms with E-state index in [1.54, 1.807) is 6.92 Å². The molecule has 6 N–H and O–H groups in total. The van der Waals surface area contributed by atoms with Gasteiger partial charge in [-0.3, -0.25) is 29.3 Å². The minimum Gasteiger partial charge on any atom is -0.390 e. The molecule has 2 saturated carbocycles. The monoisotopic (exact) mass is 603 g/mol. The number of fused-ring (bicyclic) bond motifs is 1. The maximum absolute atomic E-state index is 13.4. The van der Waals surface area contributed by atoms with E-state index in [2.05, 4.69) is 25.7 Å². The van der Waals surface area contributed by atoms with Crippen molar-refractivity contribution in [1.82, 2.24) is 26.5 Å². The molecule has 5 unspecified atom stereocenters. The second-order valence-electron chi connectivity index (χ2n) is 13.2. The van der Waals surface area contributed by atoms with Gasteiger partial charge in [0.05, 0.1) is 31.3 Å². The molecular formula is C32H53N5O6. The minimum atomic E-state index is -0.872. The van der Waals surface area contributed by atoms with Gasteiger partial charge in [0, 0.05) is 24.5 Å². The summed E-state index contributed by atoms with van der Waals surface area (Å²) in [5.41, 5.74) is 2.19. The van der Waals surface area contributed by atoms with Gasteiger partial charge >= 0.3 is 0 Å². The fourth-order valence-corrected chi connectivity index (χ4v) is 6.13. The maximum atomic E-state index is 13.4. The zero-order valence-electron chi connectivity index (χ0n) is 26.3. The molecule has 1 saturated heterocycles. The summed E-state index contributed by atoms with van der Waals surface area (Å²) in [6, 6.07) is 8.94. The van der Waals surface area contributed by atoms with Crippen LogP contribution in [0.4, 0.5) is 0 Å². The number of β-amino-alcohol motifs (C(OH)–C–C–N with tert-alkyl or cyclic N) is 1. The number of hydrogen-bond donors (Lipinski definition) is 6. The molecule has 3 aliphatic rings. The van der Waals surface area contributed by atoms with Crippen molar-refractivity contribution in [2.75, 3.05) is 26.2 Å². The Bertz CT molecular complexity index is 1010. The molecule has 1 heterocycles. The van der Waals surface area contributed by atoms with Gasteiger partial charge in [-0.2, -0.15) is 0 Å². The first-order valence-corrected chi connectivity index (χ1v) is 15.9. The standard InChI is InChI=1S/C30H46N4O4.C2H7NO2/c1-30(2,3)33-29(38)25-16-22-11-7-8-12-23(22)18-34(25)19-26(35)24(15-20-9-5-4-6-10-20)32-27(36)17-31-28(37)21-13-14-21;1-2-5-3-4/h4-6,9-10,21-26,35H,7-8,11-19H2,1-3H3,(H,31,37)(H,32,36)(H,33,38);3-4H,2H2,1H3. The largest absolute Gasteiger partial charge is 0.390 e. The summed E-state index contributed by atoms with van der Waals surface area (Å²) >= 11 is 0. The fraction of sp³-hybridized carbons (Fsp3) is 0.719. The lowest BCUT2D eigenvalue weighted by Crippen LogP contribution is -2.60. The Balaban J connectivity index is 0.000000934. The number of hydrogen-bond acceptors (Lipinski definition) is 8. The van der Waals surface area contributed by atoms with Crippen molar-refractivity contribution >= 4 is 17.7 Å². The number of carbonyl (C=O) groups excluding carboxylic acids is 3. The van der Waals surface area contributed by atoms with E-state index in [1.165, 1.54) is 24.9 Å². The number of benzene rings is 1. The van der Waals surface area contributed by atoms with Gasteiger partial charge in [0.15, 0.2) is 0 Å². The Morgan fingerprint density at radius 2 is 1.70 bits per heavy atom. The number of nitrogens with zero attached hydrogens (tertiary/aromatic N) is 1. The zero-order chi connectivity index (χ0) is 31.4. The Morgan fingerprint density at radius 1 is 1.02 bits per heavy atom. The molecule has 1 aliphatic heterocycles. The van der Waals surface area contributed by atoms with Crippen molar-refractivity contribution in [3.05, 3.63) is 35.9 Å². The first-order valence-electron chi connectivity index (χ1n) is 15.9. The number of nitrogens with one attached hydrogen (secondary N) is 4. The average molecular weight is 604 g/mol. The van der Waals surface area contributed by atoms with Crippen LogP contribution in [0.5, 0.6) is 0 Å². The summed E-state index contributed by atoms with van der Waals surface area (Å²) in [7, 11) is 0. The Morgan fingerprint density at radius 3 is 2.28 bits per heavy atom. The highest BCUT2D eigenvalue weighted by Crippen LogP contribution is 2.39. The summed E-state index contributed by atoms with van der Waals surface area (Å²) in [5.74, 6) is 0.736. The summed E-state index contributed by atoms with van der Waals surface area (Å²) in [6.45, 7) is 9.21. The van der Waals surface area contributed by atoms with Crippen LogP contribution in [-0.4, -0.2) is 82.9 Å². The summed E-state index contributed by atoms with van der Waals surface area (Å²) in [6.07, 6.45) is 6.92. The molecule has 11 nitrogen and oxygen atoms in total. The van der Waals surface area contributed by atoms with Crippen LogP contribution in [0.1, 0.15) is 78.2 Å². The molecule has 3 amide bonds. The van der Waals surface area contributed by atoms with E-state index in [0.717, 1.165) is 37.8 Å². The van der Waals surface area contributed by atoms with E-state index in [4.69, 9.17) is 5.21 Å². The molecule has 0 bridgehead atoms. The zero-order valence-corrected chi connectivity index (χ0v) is 26.3.